The van der Waals surface area contributed by atoms with Crippen LogP contribution in [0.15, 0.2) is 84.3 Å². The van der Waals surface area contributed by atoms with Crippen LogP contribution in [0.1, 0.15) is 5.56 Å². The van der Waals surface area contributed by atoms with Crippen molar-refractivity contribution in [3.63, 3.8) is 0 Å². The summed E-state index contributed by atoms with van der Waals surface area (Å²) >= 11 is 1.68. The molecule has 0 aromatic heterocycles. The molecule has 1 heterocycles. The van der Waals surface area contributed by atoms with E-state index in [0.29, 0.717) is 6.42 Å². The lowest BCUT2D eigenvalue weighted by atomic mass is 10.0. The predicted octanol–water partition coefficient (Wildman–Crippen LogP) is 4.36. The van der Waals surface area contributed by atoms with Crippen molar-refractivity contribution in [1.29, 1.82) is 0 Å². The Bertz CT molecular complexity index is 1090. The van der Waals surface area contributed by atoms with Crippen LogP contribution >= 0.6 is 11.9 Å². The number of rotatable bonds is 6. The maximum atomic E-state index is 12.8. The molecule has 0 bridgehead atoms. The summed E-state index contributed by atoms with van der Waals surface area (Å²) in [6, 6.07) is 22.2. The Labute approximate surface area is 186 Å². The molecule has 31 heavy (non-hydrogen) atoms. The van der Waals surface area contributed by atoms with Crippen LogP contribution in [0.25, 0.3) is 10.8 Å². The van der Waals surface area contributed by atoms with Crippen LogP contribution in [0.4, 0.5) is 5.69 Å². The lowest BCUT2D eigenvalue weighted by Gasteiger charge is -2.34. The Morgan fingerprint density at radius 2 is 1.65 bits per heavy atom. The van der Waals surface area contributed by atoms with Crippen LogP contribution in [0, 0.1) is 0 Å². The lowest BCUT2D eigenvalue weighted by Crippen LogP contribution is -2.46. The molecule has 4 rings (SSSR count). The molecule has 0 atom stereocenters. The fraction of sp³-hybridized carbons (Fsp3) is 0.200. The van der Waals surface area contributed by atoms with E-state index in [1.807, 2.05) is 47.4 Å². The number of carbonyl (C=O) groups excluding carboxylic acids is 2. The third-order valence-corrected chi connectivity index (χ3v) is 6.41. The summed E-state index contributed by atoms with van der Waals surface area (Å²) in [6.45, 7) is 6.56. The molecular weight excluding hydrogens is 406 g/mol. The molecular formula is C25H25N3O2S. The molecule has 1 aliphatic heterocycles. The monoisotopic (exact) mass is 431 g/mol. The van der Waals surface area contributed by atoms with Gasteiger partial charge in [0, 0.05) is 36.8 Å². The number of hydrogen-bond donors (Lipinski definition) is 1. The maximum absolute atomic E-state index is 12.8. The summed E-state index contributed by atoms with van der Waals surface area (Å²) in [7, 11) is 0. The zero-order chi connectivity index (χ0) is 21.6. The van der Waals surface area contributed by atoms with E-state index in [9.17, 15) is 9.59 Å². The first kappa shape index (κ1) is 21.2. The number of fused-ring (bicyclic) bond motifs is 1. The third-order valence-electron chi connectivity index (χ3n) is 5.30. The van der Waals surface area contributed by atoms with Crippen LogP contribution in [0.5, 0.6) is 0 Å². The van der Waals surface area contributed by atoms with Crippen LogP contribution in [-0.2, 0) is 16.0 Å². The first-order valence-electron chi connectivity index (χ1n) is 10.3. The minimum absolute atomic E-state index is 0.183. The van der Waals surface area contributed by atoms with Crippen molar-refractivity contribution in [1.82, 2.24) is 9.21 Å². The van der Waals surface area contributed by atoms with E-state index in [1.165, 1.54) is 16.8 Å². The van der Waals surface area contributed by atoms with Crippen LogP contribution in [0.2, 0.25) is 0 Å². The molecule has 3 aromatic rings. The van der Waals surface area contributed by atoms with Crippen LogP contribution < -0.4 is 5.32 Å². The van der Waals surface area contributed by atoms with E-state index in [2.05, 4.69) is 40.5 Å². The molecule has 158 valence electrons. The van der Waals surface area contributed by atoms with Crippen molar-refractivity contribution >= 4 is 40.2 Å². The number of nitrogens with one attached hydrogen (secondary N) is 1. The van der Waals surface area contributed by atoms with Gasteiger partial charge in [0.1, 0.15) is 0 Å². The minimum Gasteiger partial charge on any atom is -0.340 e. The molecule has 1 N–H and O–H groups in total. The zero-order valence-corrected chi connectivity index (χ0v) is 18.1. The van der Waals surface area contributed by atoms with Gasteiger partial charge in [0.25, 0.3) is 0 Å². The molecule has 6 heteroatoms. The molecule has 1 fully saturated rings. The molecule has 1 saturated heterocycles. The molecule has 0 unspecified atom stereocenters. The van der Waals surface area contributed by atoms with Crippen molar-refractivity contribution in [3.8, 4) is 0 Å². The Hall–Kier alpha value is -3.09. The van der Waals surface area contributed by atoms with E-state index in [0.717, 1.165) is 42.3 Å². The molecule has 1 aliphatic rings. The number of carbonyl (C=O) groups is 2. The highest BCUT2D eigenvalue weighted by Crippen LogP contribution is 2.25. The van der Waals surface area contributed by atoms with Gasteiger partial charge in [0.2, 0.25) is 11.8 Å². The van der Waals surface area contributed by atoms with Crippen molar-refractivity contribution < 1.29 is 9.59 Å². The second kappa shape index (κ2) is 9.81. The van der Waals surface area contributed by atoms with Gasteiger partial charge in [-0.2, -0.15) is 0 Å². The Balaban J connectivity index is 1.27. The van der Waals surface area contributed by atoms with Crippen molar-refractivity contribution in [2.45, 2.75) is 11.3 Å². The second-order valence-electron chi connectivity index (χ2n) is 7.48. The smallest absolute Gasteiger partial charge is 0.247 e. The largest absolute Gasteiger partial charge is 0.340 e. The predicted molar refractivity (Wildman–Crippen MR) is 127 cm³/mol. The van der Waals surface area contributed by atoms with Gasteiger partial charge in [0.15, 0.2) is 0 Å². The number of piperazine rings is 1. The van der Waals surface area contributed by atoms with Gasteiger partial charge < -0.3 is 10.2 Å². The topological polar surface area (TPSA) is 52.7 Å². The molecule has 2 amide bonds. The normalized spacial score (nSPS) is 14.4. The summed E-state index contributed by atoms with van der Waals surface area (Å²) in [5.41, 5.74) is 1.81. The Kier molecular flexibility index (Phi) is 6.70. The van der Waals surface area contributed by atoms with Crippen molar-refractivity contribution in [2.24, 2.45) is 0 Å². The molecule has 3 aromatic carbocycles. The summed E-state index contributed by atoms with van der Waals surface area (Å²) < 4.78 is 2.27. The lowest BCUT2D eigenvalue weighted by molar-refractivity contribution is -0.131. The molecule has 0 radical (unpaired) electrons. The molecule has 0 spiro atoms. The van der Waals surface area contributed by atoms with Gasteiger partial charge >= 0.3 is 0 Å². The van der Waals surface area contributed by atoms with Gasteiger partial charge in [-0.15, -0.1) is 0 Å². The SMILES string of the molecule is C=CC(=O)Nc1ccc(SN2CCN(C(=O)Cc3ccc4ccccc4c3)CC2)cc1. The number of amides is 2. The minimum atomic E-state index is -0.218. The van der Waals surface area contributed by atoms with E-state index in [-0.39, 0.29) is 11.8 Å². The van der Waals surface area contributed by atoms with Crippen LogP contribution in [0.3, 0.4) is 0 Å². The van der Waals surface area contributed by atoms with Gasteiger partial charge in [-0.1, -0.05) is 49.0 Å². The number of anilines is 1. The third kappa shape index (κ3) is 5.54. The van der Waals surface area contributed by atoms with Gasteiger partial charge in [-0.25, -0.2) is 4.31 Å². The standard InChI is InChI=1S/C25H25N3O2S/c1-2-24(29)26-22-9-11-23(12-10-22)31-28-15-13-27(14-16-28)25(30)18-19-7-8-20-5-3-4-6-21(20)17-19/h2-12,17H,1,13-16,18H2,(H,26,29). The first-order chi connectivity index (χ1) is 15.1. The highest BCUT2D eigenvalue weighted by Gasteiger charge is 2.22. The second-order valence-corrected chi connectivity index (χ2v) is 8.65. The van der Waals surface area contributed by atoms with E-state index >= 15 is 0 Å². The highest BCUT2D eigenvalue weighted by molar-refractivity contribution is 7.97. The molecule has 0 saturated carbocycles. The highest BCUT2D eigenvalue weighted by atomic mass is 32.2. The number of hydrogen-bond acceptors (Lipinski definition) is 4. The molecule has 0 aliphatic carbocycles. The quantitative estimate of drug-likeness (QED) is 0.466. The van der Waals surface area contributed by atoms with Crippen molar-refractivity contribution in [3.05, 3.63) is 84.9 Å². The fourth-order valence-electron chi connectivity index (χ4n) is 3.61. The summed E-state index contributed by atoms with van der Waals surface area (Å²) in [4.78, 5) is 27.2. The number of benzene rings is 3. The van der Waals surface area contributed by atoms with Gasteiger partial charge in [0.05, 0.1) is 6.42 Å². The Morgan fingerprint density at radius 3 is 2.35 bits per heavy atom. The van der Waals surface area contributed by atoms with E-state index in [1.54, 1.807) is 11.9 Å². The Morgan fingerprint density at radius 1 is 0.935 bits per heavy atom. The van der Waals surface area contributed by atoms with Crippen molar-refractivity contribution in [2.75, 3.05) is 31.5 Å². The zero-order valence-electron chi connectivity index (χ0n) is 17.3. The fourth-order valence-corrected chi connectivity index (χ4v) is 4.51. The summed E-state index contributed by atoms with van der Waals surface area (Å²) in [5, 5.41) is 5.11. The number of nitrogens with zero attached hydrogens (tertiary/aromatic N) is 2. The maximum Gasteiger partial charge on any atom is 0.247 e. The summed E-state index contributed by atoms with van der Waals surface area (Å²) in [5.74, 6) is -0.0351. The van der Waals surface area contributed by atoms with E-state index < -0.39 is 0 Å². The average molecular weight is 432 g/mol. The average Bonchev–Trinajstić information content (AvgIpc) is 2.80. The van der Waals surface area contributed by atoms with Crippen LogP contribution in [-0.4, -0.2) is 47.2 Å². The summed E-state index contributed by atoms with van der Waals surface area (Å²) in [6.07, 6.45) is 1.69. The van der Waals surface area contributed by atoms with Gasteiger partial charge in [-0.05, 0) is 58.6 Å². The first-order valence-corrected chi connectivity index (χ1v) is 11.1. The molecule has 5 nitrogen and oxygen atoms in total. The van der Waals surface area contributed by atoms with E-state index in [4.69, 9.17) is 0 Å². The van der Waals surface area contributed by atoms with Gasteiger partial charge in [-0.3, -0.25) is 9.59 Å².